The molecule has 15 heteroatoms. The third-order valence-corrected chi connectivity index (χ3v) is 15.6. The molecule has 1 amide bonds. The van der Waals surface area contributed by atoms with Crippen LogP contribution >= 0.6 is 95.6 Å². The Morgan fingerprint density at radius 2 is 1.22 bits per heavy atom. The van der Waals surface area contributed by atoms with Gasteiger partial charge in [-0.05, 0) is 139 Å². The number of unbranched alkanes of at least 4 members (excludes halogenated alkanes) is 3. The summed E-state index contributed by atoms with van der Waals surface area (Å²) in [5, 5.41) is 11.4. The zero-order valence-electron chi connectivity index (χ0n) is 19.4. The Balaban J connectivity index is 0.000000417. The summed E-state index contributed by atoms with van der Waals surface area (Å²) in [7, 11) is -7.29. The van der Waals surface area contributed by atoms with E-state index in [0.29, 0.717) is 11.4 Å². The highest BCUT2D eigenvalue weighted by Crippen LogP contribution is 2.44. The number of rotatable bonds is 9. The molecule has 2 aromatic rings. The van der Waals surface area contributed by atoms with Crippen molar-refractivity contribution in [2.45, 2.75) is 45.3 Å². The smallest absolute Gasteiger partial charge is 0.252 e. The molecule has 2 N–H and O–H groups in total. The molecule has 0 aromatic heterocycles. The van der Waals surface area contributed by atoms with E-state index < -0.39 is 28.5 Å². The van der Waals surface area contributed by atoms with Crippen molar-refractivity contribution >= 4 is 121 Å². The summed E-state index contributed by atoms with van der Waals surface area (Å²) < 4.78 is 46.0. The summed E-state index contributed by atoms with van der Waals surface area (Å²) in [5.74, 6) is -0.428. The van der Waals surface area contributed by atoms with Crippen LogP contribution in [-0.2, 0) is 19.7 Å². The minimum absolute atomic E-state index is 0.0663. The van der Waals surface area contributed by atoms with Crippen molar-refractivity contribution in [3.63, 3.8) is 0 Å². The predicted molar refractivity (Wildman–Crippen MR) is 169 cm³/mol. The molecule has 2 rings (SSSR count). The van der Waals surface area contributed by atoms with Crippen LogP contribution in [0.2, 0.25) is 0 Å². The molecule has 0 aliphatic rings. The minimum atomic E-state index is -3.83. The Labute approximate surface area is 268 Å². The van der Waals surface area contributed by atoms with E-state index in [0.717, 1.165) is 31.2 Å². The third kappa shape index (κ3) is 10.5. The zero-order valence-corrected chi connectivity index (χ0v) is 30.6. The number of nitrogens with one attached hydrogen (secondary N) is 1. The fourth-order valence-electron chi connectivity index (χ4n) is 2.88. The summed E-state index contributed by atoms with van der Waals surface area (Å²) in [4.78, 5) is 12.5. The Bertz CT molecular complexity index is 1260. The fourth-order valence-corrected chi connectivity index (χ4v) is 7.98. The highest BCUT2D eigenvalue weighted by atomic mass is 80.0. The van der Waals surface area contributed by atoms with E-state index >= 15 is 0 Å². The maximum atomic E-state index is 12.5. The second kappa shape index (κ2) is 15.6. The fraction of sp³-hybridized carbons (Fsp3) is 0.409. The van der Waals surface area contributed by atoms with Crippen LogP contribution in [-0.4, -0.2) is 44.0 Å². The van der Waals surface area contributed by atoms with E-state index in [1.807, 2.05) is 0 Å². The number of amides is 1. The maximum absolute atomic E-state index is 12.5. The van der Waals surface area contributed by atoms with Crippen molar-refractivity contribution in [3.05, 3.63) is 59.7 Å². The lowest BCUT2D eigenvalue weighted by Crippen LogP contribution is -2.28. The standard InChI is InChI=1S/C14H18Br3NO4S.C8H7Br3O2S/c15-14(16,17)23(21,22)12-8-4-3-7-11(12)13(20)18-9-5-1-2-6-10-19;1-6-4-2-3-5-7(6)14(12,13)8(9,10)11/h3-4,7-8,19H,1-2,5-6,9-10H2,(H,18,20);2-5H,1H3. The molecule has 0 radical (unpaired) electrons. The van der Waals surface area contributed by atoms with Crippen LogP contribution in [0.25, 0.3) is 0 Å². The SMILES string of the molecule is Cc1ccccc1S(=O)(=O)C(Br)(Br)Br.O=C(NCCCCCCO)c1ccccc1S(=O)(=O)C(Br)(Br)Br. The first-order chi connectivity index (χ1) is 17.0. The summed E-state index contributed by atoms with van der Waals surface area (Å²) in [5.41, 5.74) is 0.820. The second-order valence-electron chi connectivity index (χ2n) is 7.55. The molecule has 0 atom stereocenters. The first-order valence-electron chi connectivity index (χ1n) is 10.6. The van der Waals surface area contributed by atoms with Crippen LogP contribution in [0.3, 0.4) is 0 Å². The summed E-state index contributed by atoms with van der Waals surface area (Å²) in [6.45, 7) is 2.39. The van der Waals surface area contributed by atoms with Gasteiger partial charge in [0.2, 0.25) is 22.6 Å². The van der Waals surface area contributed by atoms with E-state index in [4.69, 9.17) is 5.11 Å². The lowest BCUT2D eigenvalue weighted by molar-refractivity contribution is 0.0949. The van der Waals surface area contributed by atoms with Crippen LogP contribution in [0.1, 0.15) is 41.6 Å². The van der Waals surface area contributed by atoms with Gasteiger partial charge >= 0.3 is 0 Å². The maximum Gasteiger partial charge on any atom is 0.252 e. The lowest BCUT2D eigenvalue weighted by atomic mass is 10.2. The van der Waals surface area contributed by atoms with E-state index in [9.17, 15) is 21.6 Å². The molecule has 0 aliphatic carbocycles. The van der Waals surface area contributed by atoms with Gasteiger partial charge in [0.15, 0.2) is 0 Å². The molecular formula is C22H25Br6NO6S2. The van der Waals surface area contributed by atoms with Gasteiger partial charge in [-0.15, -0.1) is 0 Å². The summed E-state index contributed by atoms with van der Waals surface area (Å²) in [6, 6.07) is 12.9. The molecule has 0 bridgehead atoms. The second-order valence-corrected chi connectivity index (χ2v) is 28.3. The molecule has 208 valence electrons. The molecule has 0 heterocycles. The Morgan fingerprint density at radius 1 is 0.757 bits per heavy atom. The number of aliphatic hydroxyl groups is 1. The molecular weight excluding hydrogens is 918 g/mol. The quantitative estimate of drug-likeness (QED) is 0.205. The molecule has 0 aliphatic heterocycles. The number of alkyl halides is 6. The number of aliphatic hydroxyl groups excluding tert-OH is 1. The molecule has 37 heavy (non-hydrogen) atoms. The van der Waals surface area contributed by atoms with Gasteiger partial charge in [-0.3, -0.25) is 4.79 Å². The van der Waals surface area contributed by atoms with Crippen molar-refractivity contribution in [3.8, 4) is 0 Å². The van der Waals surface area contributed by atoms with E-state index in [1.165, 1.54) is 12.1 Å². The normalized spacial score (nSPS) is 12.4. The number of hydrogen-bond acceptors (Lipinski definition) is 6. The Morgan fingerprint density at radius 3 is 1.73 bits per heavy atom. The van der Waals surface area contributed by atoms with Gasteiger partial charge in [0.05, 0.1) is 15.4 Å². The van der Waals surface area contributed by atoms with Crippen molar-refractivity contribution in [1.29, 1.82) is 0 Å². The number of carbonyl (C=O) groups is 1. The molecule has 0 saturated carbocycles. The number of carbonyl (C=O) groups excluding carboxylic acids is 1. The van der Waals surface area contributed by atoms with Crippen molar-refractivity contribution < 1.29 is 26.7 Å². The number of halogens is 6. The number of sulfone groups is 2. The highest BCUT2D eigenvalue weighted by molar-refractivity contribution is 9.42. The number of benzene rings is 2. The number of hydrogen-bond donors (Lipinski definition) is 2. The molecule has 0 unspecified atom stereocenters. The van der Waals surface area contributed by atoms with E-state index in [1.54, 1.807) is 43.3 Å². The van der Waals surface area contributed by atoms with Gasteiger partial charge in [-0.1, -0.05) is 43.2 Å². The molecule has 0 fully saturated rings. The average Bonchev–Trinajstić information content (AvgIpc) is 2.80. The van der Waals surface area contributed by atoms with Crippen molar-refractivity contribution in [1.82, 2.24) is 5.32 Å². The summed E-state index contributed by atoms with van der Waals surface area (Å²) >= 11 is 18.1. The predicted octanol–water partition coefficient (Wildman–Crippen LogP) is 7.10. The van der Waals surface area contributed by atoms with Gasteiger partial charge < -0.3 is 10.4 Å². The van der Waals surface area contributed by atoms with Crippen LogP contribution in [0, 0.1) is 6.92 Å². The Hall–Kier alpha value is 0.650. The van der Waals surface area contributed by atoms with Crippen LogP contribution in [0.4, 0.5) is 0 Å². The van der Waals surface area contributed by atoms with E-state index in [2.05, 4.69) is 101 Å². The lowest BCUT2D eigenvalue weighted by Gasteiger charge is -2.16. The summed E-state index contributed by atoms with van der Waals surface area (Å²) in [6.07, 6.45) is 3.32. The van der Waals surface area contributed by atoms with Crippen LogP contribution < -0.4 is 5.32 Å². The number of aryl methyl sites for hydroxylation is 1. The van der Waals surface area contributed by atoms with Gasteiger partial charge in [0, 0.05) is 13.2 Å². The first-order valence-corrected chi connectivity index (χ1v) is 18.4. The third-order valence-electron chi connectivity index (χ3n) is 4.78. The zero-order chi connectivity index (χ0) is 28.5. The van der Waals surface area contributed by atoms with Crippen molar-refractivity contribution in [2.75, 3.05) is 13.2 Å². The van der Waals surface area contributed by atoms with Gasteiger partial charge in [-0.2, -0.15) is 0 Å². The Kier molecular flexibility index (Phi) is 15.0. The van der Waals surface area contributed by atoms with Gasteiger partial charge in [-0.25, -0.2) is 16.8 Å². The molecule has 7 nitrogen and oxygen atoms in total. The average molecular weight is 943 g/mol. The first kappa shape index (κ1) is 35.7. The largest absolute Gasteiger partial charge is 0.396 e. The van der Waals surface area contributed by atoms with Crippen molar-refractivity contribution in [2.24, 2.45) is 0 Å². The van der Waals surface area contributed by atoms with Gasteiger partial charge in [0.25, 0.3) is 5.91 Å². The van der Waals surface area contributed by atoms with Gasteiger partial charge in [0.1, 0.15) is 0 Å². The molecule has 2 aromatic carbocycles. The molecule has 0 saturated heterocycles. The highest BCUT2D eigenvalue weighted by Gasteiger charge is 2.40. The monoisotopic (exact) mass is 937 g/mol. The topological polar surface area (TPSA) is 118 Å². The van der Waals surface area contributed by atoms with Crippen LogP contribution in [0.5, 0.6) is 0 Å². The molecule has 0 spiro atoms. The van der Waals surface area contributed by atoms with E-state index in [-0.39, 0.29) is 17.1 Å². The minimum Gasteiger partial charge on any atom is -0.396 e. The van der Waals surface area contributed by atoms with Crippen LogP contribution in [0.15, 0.2) is 58.3 Å².